The number of hydrogen-bond acceptors (Lipinski definition) is 2. The molecule has 0 heterocycles. The summed E-state index contributed by atoms with van der Waals surface area (Å²) in [5, 5.41) is 3.36. The van der Waals surface area contributed by atoms with Gasteiger partial charge in [-0.2, -0.15) is 0 Å². The lowest BCUT2D eigenvalue weighted by Gasteiger charge is -2.10. The minimum Gasteiger partial charge on any atom is -0.495 e. The standard InChI is InChI=1S/C14H12BrClFNO/c1-19-14-7-10(3-4-11(14)15)18-8-9-2-5-13(17)12(16)6-9/h2-7,18H,8H2,1H3. The minimum atomic E-state index is -0.407. The van der Waals surface area contributed by atoms with E-state index in [1.807, 2.05) is 18.2 Å². The zero-order chi connectivity index (χ0) is 13.8. The summed E-state index contributed by atoms with van der Waals surface area (Å²) >= 11 is 9.13. The monoisotopic (exact) mass is 343 g/mol. The normalized spacial score (nSPS) is 10.3. The van der Waals surface area contributed by atoms with E-state index in [1.54, 1.807) is 19.2 Å². The van der Waals surface area contributed by atoms with Crippen LogP contribution in [-0.4, -0.2) is 7.11 Å². The zero-order valence-corrected chi connectivity index (χ0v) is 12.6. The molecular formula is C14H12BrClFNO. The van der Waals surface area contributed by atoms with Crippen molar-refractivity contribution in [3.8, 4) is 5.75 Å². The molecule has 0 aliphatic carbocycles. The summed E-state index contributed by atoms with van der Waals surface area (Å²) in [5.41, 5.74) is 1.83. The van der Waals surface area contributed by atoms with Gasteiger partial charge in [0.2, 0.25) is 0 Å². The van der Waals surface area contributed by atoms with Crippen LogP contribution in [-0.2, 0) is 6.54 Å². The van der Waals surface area contributed by atoms with Gasteiger partial charge in [-0.1, -0.05) is 17.7 Å². The van der Waals surface area contributed by atoms with Crippen LogP contribution in [0.3, 0.4) is 0 Å². The van der Waals surface area contributed by atoms with Crippen LogP contribution in [0.4, 0.5) is 10.1 Å². The highest BCUT2D eigenvalue weighted by atomic mass is 79.9. The predicted molar refractivity (Wildman–Crippen MR) is 79.4 cm³/mol. The molecule has 0 saturated carbocycles. The highest BCUT2D eigenvalue weighted by Gasteiger charge is 2.03. The Morgan fingerprint density at radius 2 is 2.05 bits per heavy atom. The number of rotatable bonds is 4. The summed E-state index contributed by atoms with van der Waals surface area (Å²) in [6, 6.07) is 10.4. The van der Waals surface area contributed by atoms with Crippen molar-refractivity contribution in [2.45, 2.75) is 6.54 Å². The summed E-state index contributed by atoms with van der Waals surface area (Å²) in [4.78, 5) is 0. The van der Waals surface area contributed by atoms with Crippen LogP contribution in [0.25, 0.3) is 0 Å². The third-order valence-corrected chi connectivity index (χ3v) is 3.58. The first-order valence-corrected chi connectivity index (χ1v) is 6.78. The number of hydrogen-bond donors (Lipinski definition) is 1. The molecule has 0 fully saturated rings. The van der Waals surface area contributed by atoms with Crippen molar-refractivity contribution in [2.75, 3.05) is 12.4 Å². The van der Waals surface area contributed by atoms with E-state index in [9.17, 15) is 4.39 Å². The maximum Gasteiger partial charge on any atom is 0.141 e. The molecule has 5 heteroatoms. The van der Waals surface area contributed by atoms with Crippen molar-refractivity contribution >= 4 is 33.2 Å². The van der Waals surface area contributed by atoms with Crippen LogP contribution in [0.15, 0.2) is 40.9 Å². The van der Waals surface area contributed by atoms with Crippen LogP contribution in [0.5, 0.6) is 5.75 Å². The van der Waals surface area contributed by atoms with Gasteiger partial charge in [0.05, 0.1) is 16.6 Å². The molecule has 0 spiro atoms. The Balaban J connectivity index is 2.07. The van der Waals surface area contributed by atoms with Gasteiger partial charge in [0.25, 0.3) is 0 Å². The molecule has 2 aromatic carbocycles. The van der Waals surface area contributed by atoms with Crippen molar-refractivity contribution in [3.05, 3.63) is 57.3 Å². The smallest absolute Gasteiger partial charge is 0.141 e. The predicted octanol–water partition coefficient (Wildman–Crippen LogP) is 4.86. The lowest BCUT2D eigenvalue weighted by molar-refractivity contribution is 0.412. The molecule has 0 radical (unpaired) electrons. The molecule has 19 heavy (non-hydrogen) atoms. The maximum absolute atomic E-state index is 13.0. The van der Waals surface area contributed by atoms with Gasteiger partial charge in [0.15, 0.2) is 0 Å². The Morgan fingerprint density at radius 3 is 2.74 bits per heavy atom. The van der Waals surface area contributed by atoms with E-state index in [4.69, 9.17) is 16.3 Å². The minimum absolute atomic E-state index is 0.132. The lowest BCUT2D eigenvalue weighted by atomic mass is 10.2. The van der Waals surface area contributed by atoms with Gasteiger partial charge >= 0.3 is 0 Å². The van der Waals surface area contributed by atoms with Crippen molar-refractivity contribution < 1.29 is 9.13 Å². The van der Waals surface area contributed by atoms with E-state index in [1.165, 1.54) is 6.07 Å². The topological polar surface area (TPSA) is 21.3 Å². The summed E-state index contributed by atoms with van der Waals surface area (Å²) in [7, 11) is 1.61. The SMILES string of the molecule is COc1cc(NCc2ccc(F)c(Cl)c2)ccc1Br. The number of halogens is 3. The van der Waals surface area contributed by atoms with Gasteiger partial charge < -0.3 is 10.1 Å². The van der Waals surface area contributed by atoms with E-state index < -0.39 is 5.82 Å². The highest BCUT2D eigenvalue weighted by Crippen LogP contribution is 2.28. The van der Waals surface area contributed by atoms with E-state index >= 15 is 0 Å². The number of ether oxygens (including phenoxy) is 1. The molecule has 100 valence electrons. The van der Waals surface area contributed by atoms with Gasteiger partial charge in [-0.3, -0.25) is 0 Å². The molecule has 0 unspecified atom stereocenters. The van der Waals surface area contributed by atoms with Gasteiger partial charge in [-0.15, -0.1) is 0 Å². The molecule has 1 N–H and O–H groups in total. The van der Waals surface area contributed by atoms with Crippen LogP contribution in [0.2, 0.25) is 5.02 Å². The fraction of sp³-hybridized carbons (Fsp3) is 0.143. The Bertz CT molecular complexity index is 592. The lowest BCUT2D eigenvalue weighted by Crippen LogP contribution is -2.00. The molecule has 2 aromatic rings. The summed E-state index contributed by atoms with van der Waals surface area (Å²) in [6.07, 6.45) is 0. The Hall–Kier alpha value is -1.26. The highest BCUT2D eigenvalue weighted by molar-refractivity contribution is 9.10. The van der Waals surface area contributed by atoms with Crippen molar-refractivity contribution in [2.24, 2.45) is 0 Å². The quantitative estimate of drug-likeness (QED) is 0.855. The van der Waals surface area contributed by atoms with E-state index in [2.05, 4.69) is 21.2 Å². The second-order valence-corrected chi connectivity index (χ2v) is 5.21. The molecule has 0 aromatic heterocycles. The molecule has 0 amide bonds. The van der Waals surface area contributed by atoms with Crippen LogP contribution in [0.1, 0.15) is 5.56 Å². The molecule has 0 aliphatic rings. The Labute approximate surface area is 124 Å². The Morgan fingerprint density at radius 1 is 1.26 bits per heavy atom. The van der Waals surface area contributed by atoms with E-state index in [0.29, 0.717) is 6.54 Å². The second-order valence-electron chi connectivity index (χ2n) is 3.95. The number of anilines is 1. The molecular weight excluding hydrogens is 333 g/mol. The molecule has 0 bridgehead atoms. The number of methoxy groups -OCH3 is 1. The fourth-order valence-corrected chi connectivity index (χ4v) is 2.24. The first-order chi connectivity index (χ1) is 9.10. The summed E-state index contributed by atoms with van der Waals surface area (Å²) < 4.78 is 19.1. The van der Waals surface area contributed by atoms with Gasteiger partial charge in [-0.25, -0.2) is 4.39 Å². The van der Waals surface area contributed by atoms with Gasteiger partial charge in [-0.05, 0) is 45.8 Å². The van der Waals surface area contributed by atoms with Crippen molar-refractivity contribution in [1.82, 2.24) is 0 Å². The first kappa shape index (κ1) is 14.2. The molecule has 2 rings (SSSR count). The average Bonchev–Trinajstić information content (AvgIpc) is 2.41. The largest absolute Gasteiger partial charge is 0.495 e. The van der Waals surface area contributed by atoms with Crippen LogP contribution in [0, 0.1) is 5.82 Å². The van der Waals surface area contributed by atoms with Gasteiger partial charge in [0, 0.05) is 18.3 Å². The van der Waals surface area contributed by atoms with Gasteiger partial charge in [0.1, 0.15) is 11.6 Å². The first-order valence-electron chi connectivity index (χ1n) is 5.61. The molecule has 0 saturated heterocycles. The third-order valence-electron chi connectivity index (χ3n) is 2.63. The summed E-state index contributed by atoms with van der Waals surface area (Å²) in [5.74, 6) is 0.345. The zero-order valence-electron chi connectivity index (χ0n) is 10.2. The Kier molecular flexibility index (Phi) is 4.66. The van der Waals surface area contributed by atoms with Crippen LogP contribution >= 0.6 is 27.5 Å². The maximum atomic E-state index is 13.0. The molecule has 0 atom stereocenters. The van der Waals surface area contributed by atoms with E-state index in [0.717, 1.165) is 21.5 Å². The molecule has 0 aliphatic heterocycles. The number of benzene rings is 2. The van der Waals surface area contributed by atoms with Crippen molar-refractivity contribution in [1.29, 1.82) is 0 Å². The summed E-state index contributed by atoms with van der Waals surface area (Å²) in [6.45, 7) is 0.560. The van der Waals surface area contributed by atoms with Crippen molar-refractivity contribution in [3.63, 3.8) is 0 Å². The van der Waals surface area contributed by atoms with Crippen LogP contribution < -0.4 is 10.1 Å². The molecule has 2 nitrogen and oxygen atoms in total. The second kappa shape index (κ2) is 6.26. The fourth-order valence-electron chi connectivity index (χ4n) is 1.62. The van der Waals surface area contributed by atoms with E-state index in [-0.39, 0.29) is 5.02 Å². The number of nitrogens with one attached hydrogen (secondary N) is 1. The third kappa shape index (κ3) is 3.61. The average molecular weight is 345 g/mol.